The minimum atomic E-state index is -0.356. The van der Waals surface area contributed by atoms with Gasteiger partial charge in [0.1, 0.15) is 6.61 Å². The van der Waals surface area contributed by atoms with Crippen molar-refractivity contribution in [1.29, 1.82) is 0 Å². The third-order valence-electron chi connectivity index (χ3n) is 2.66. The predicted octanol–water partition coefficient (Wildman–Crippen LogP) is 1.88. The normalized spacial score (nSPS) is 12.2. The minimum absolute atomic E-state index is 0.0492. The van der Waals surface area contributed by atoms with Crippen molar-refractivity contribution in [3.8, 4) is 0 Å². The quantitative estimate of drug-likeness (QED) is 0.784. The Bertz CT molecular complexity index is 404. The highest BCUT2D eigenvalue weighted by Gasteiger charge is 2.10. The van der Waals surface area contributed by atoms with E-state index in [0.29, 0.717) is 13.2 Å². The average molecular weight is 251 g/mol. The largest absolute Gasteiger partial charge is 0.464 e. The maximum absolute atomic E-state index is 11.1. The maximum atomic E-state index is 11.1. The van der Waals surface area contributed by atoms with Gasteiger partial charge in [-0.05, 0) is 31.9 Å². The smallest absolute Gasteiger partial charge is 0.332 e. The topological polar surface area (TPSA) is 61.5 Å². The minimum Gasteiger partial charge on any atom is -0.464 e. The first-order valence-corrected chi connectivity index (χ1v) is 6.10. The molecule has 0 radical (unpaired) electrons. The van der Waals surface area contributed by atoms with Crippen LogP contribution in [0, 0.1) is 13.8 Å². The van der Waals surface area contributed by atoms with Crippen LogP contribution in [0.5, 0.6) is 0 Å². The van der Waals surface area contributed by atoms with E-state index in [2.05, 4.69) is 0 Å². The second kappa shape index (κ2) is 7.13. The molecule has 18 heavy (non-hydrogen) atoms. The van der Waals surface area contributed by atoms with Crippen LogP contribution in [0.2, 0.25) is 0 Å². The zero-order valence-electron chi connectivity index (χ0n) is 11.2. The van der Waals surface area contributed by atoms with Crippen LogP contribution in [0.4, 0.5) is 0 Å². The summed E-state index contributed by atoms with van der Waals surface area (Å²) in [6.07, 6.45) is 0. The molecule has 2 N–H and O–H groups in total. The second-order valence-electron chi connectivity index (χ2n) is 4.29. The van der Waals surface area contributed by atoms with Crippen molar-refractivity contribution in [3.05, 3.63) is 34.9 Å². The summed E-state index contributed by atoms with van der Waals surface area (Å²) in [5.74, 6) is -0.356. The number of carbonyl (C=O) groups excluding carboxylic acids is 1. The Kier molecular flexibility index (Phi) is 5.82. The molecule has 0 saturated carbocycles. The molecule has 1 aromatic rings. The van der Waals surface area contributed by atoms with E-state index in [4.69, 9.17) is 15.2 Å². The van der Waals surface area contributed by atoms with Crippen molar-refractivity contribution < 1.29 is 14.3 Å². The van der Waals surface area contributed by atoms with Gasteiger partial charge < -0.3 is 15.2 Å². The summed E-state index contributed by atoms with van der Waals surface area (Å²) in [7, 11) is 0. The SMILES string of the molecule is CCOC(=O)COCC(N)c1cc(C)ccc1C. The molecule has 1 rings (SSSR count). The Balaban J connectivity index is 2.47. The lowest BCUT2D eigenvalue weighted by atomic mass is 10.00. The molecule has 0 saturated heterocycles. The number of hydrogen-bond donors (Lipinski definition) is 1. The molecule has 0 aliphatic rings. The van der Waals surface area contributed by atoms with Gasteiger partial charge in [0.05, 0.1) is 19.3 Å². The van der Waals surface area contributed by atoms with Gasteiger partial charge in [-0.25, -0.2) is 4.79 Å². The molecule has 4 heteroatoms. The van der Waals surface area contributed by atoms with Crippen LogP contribution in [0.15, 0.2) is 18.2 Å². The van der Waals surface area contributed by atoms with Crippen LogP contribution in [0.3, 0.4) is 0 Å². The lowest BCUT2D eigenvalue weighted by Crippen LogP contribution is -2.21. The number of carbonyl (C=O) groups is 1. The zero-order valence-corrected chi connectivity index (χ0v) is 11.2. The molecule has 0 aromatic heterocycles. The fraction of sp³-hybridized carbons (Fsp3) is 0.500. The van der Waals surface area contributed by atoms with E-state index in [0.717, 1.165) is 16.7 Å². The summed E-state index contributed by atoms with van der Waals surface area (Å²) in [4.78, 5) is 11.1. The summed E-state index contributed by atoms with van der Waals surface area (Å²) < 4.78 is 10.0. The van der Waals surface area contributed by atoms with Crippen LogP contribution < -0.4 is 5.73 Å². The molecule has 0 fully saturated rings. The van der Waals surface area contributed by atoms with E-state index < -0.39 is 0 Å². The molecule has 0 aliphatic carbocycles. The van der Waals surface area contributed by atoms with Gasteiger partial charge in [-0.15, -0.1) is 0 Å². The molecule has 1 atom stereocenters. The van der Waals surface area contributed by atoms with Crippen molar-refractivity contribution >= 4 is 5.97 Å². The lowest BCUT2D eigenvalue weighted by molar-refractivity contribution is -0.148. The van der Waals surface area contributed by atoms with Gasteiger partial charge in [0.2, 0.25) is 0 Å². The molecule has 0 spiro atoms. The van der Waals surface area contributed by atoms with E-state index in [-0.39, 0.29) is 18.6 Å². The monoisotopic (exact) mass is 251 g/mol. The van der Waals surface area contributed by atoms with Crippen molar-refractivity contribution in [1.82, 2.24) is 0 Å². The van der Waals surface area contributed by atoms with E-state index in [1.807, 2.05) is 32.0 Å². The maximum Gasteiger partial charge on any atom is 0.332 e. The summed E-state index contributed by atoms with van der Waals surface area (Å²) in [6, 6.07) is 5.91. The van der Waals surface area contributed by atoms with Gasteiger partial charge in [0.15, 0.2) is 0 Å². The zero-order chi connectivity index (χ0) is 13.5. The molecular weight excluding hydrogens is 230 g/mol. The van der Waals surface area contributed by atoms with Crippen LogP contribution >= 0.6 is 0 Å². The molecule has 100 valence electrons. The highest BCUT2D eigenvalue weighted by atomic mass is 16.6. The first-order valence-electron chi connectivity index (χ1n) is 6.10. The Labute approximate surface area is 108 Å². The molecule has 1 aromatic carbocycles. The summed E-state index contributed by atoms with van der Waals surface area (Å²) in [5.41, 5.74) is 9.40. The van der Waals surface area contributed by atoms with E-state index in [9.17, 15) is 4.79 Å². The Morgan fingerprint density at radius 2 is 2.11 bits per heavy atom. The fourth-order valence-corrected chi connectivity index (χ4v) is 1.72. The third kappa shape index (κ3) is 4.47. The number of esters is 1. The van der Waals surface area contributed by atoms with Crippen molar-refractivity contribution in [3.63, 3.8) is 0 Å². The Hall–Kier alpha value is -1.39. The lowest BCUT2D eigenvalue weighted by Gasteiger charge is -2.15. The number of ether oxygens (including phenoxy) is 2. The highest BCUT2D eigenvalue weighted by molar-refractivity contribution is 5.70. The van der Waals surface area contributed by atoms with E-state index >= 15 is 0 Å². The highest BCUT2D eigenvalue weighted by Crippen LogP contribution is 2.17. The van der Waals surface area contributed by atoms with Gasteiger partial charge in [0, 0.05) is 0 Å². The van der Waals surface area contributed by atoms with E-state index in [1.165, 1.54) is 0 Å². The van der Waals surface area contributed by atoms with Crippen molar-refractivity contribution in [2.24, 2.45) is 5.73 Å². The van der Waals surface area contributed by atoms with E-state index in [1.54, 1.807) is 6.92 Å². The standard InChI is InChI=1S/C14H21NO3/c1-4-18-14(16)9-17-8-13(15)12-7-10(2)5-6-11(12)3/h5-7,13H,4,8-9,15H2,1-3H3. The molecular formula is C14H21NO3. The number of rotatable bonds is 6. The number of hydrogen-bond acceptors (Lipinski definition) is 4. The van der Waals surface area contributed by atoms with Gasteiger partial charge in [-0.3, -0.25) is 0 Å². The molecule has 0 aliphatic heterocycles. The van der Waals surface area contributed by atoms with Crippen molar-refractivity contribution in [2.75, 3.05) is 19.8 Å². The van der Waals surface area contributed by atoms with Gasteiger partial charge in [-0.2, -0.15) is 0 Å². The molecule has 0 heterocycles. The molecule has 0 bridgehead atoms. The Morgan fingerprint density at radius 3 is 2.78 bits per heavy atom. The summed E-state index contributed by atoms with van der Waals surface area (Å²) >= 11 is 0. The van der Waals surface area contributed by atoms with Crippen LogP contribution in [-0.4, -0.2) is 25.8 Å². The van der Waals surface area contributed by atoms with Crippen LogP contribution in [0.1, 0.15) is 29.7 Å². The Morgan fingerprint density at radius 1 is 1.39 bits per heavy atom. The molecule has 1 unspecified atom stereocenters. The van der Waals surface area contributed by atoms with Gasteiger partial charge in [-0.1, -0.05) is 23.8 Å². The molecule has 4 nitrogen and oxygen atoms in total. The third-order valence-corrected chi connectivity index (χ3v) is 2.66. The van der Waals surface area contributed by atoms with Crippen LogP contribution in [-0.2, 0) is 14.3 Å². The average Bonchev–Trinajstić information content (AvgIpc) is 2.32. The first-order chi connectivity index (χ1) is 8.54. The summed E-state index contributed by atoms with van der Waals surface area (Å²) in [6.45, 7) is 6.43. The van der Waals surface area contributed by atoms with Gasteiger partial charge in [0.25, 0.3) is 0 Å². The predicted molar refractivity (Wildman–Crippen MR) is 70.3 cm³/mol. The summed E-state index contributed by atoms with van der Waals surface area (Å²) in [5, 5.41) is 0. The second-order valence-corrected chi connectivity index (χ2v) is 4.29. The molecule has 0 amide bonds. The number of benzene rings is 1. The van der Waals surface area contributed by atoms with Gasteiger partial charge >= 0.3 is 5.97 Å². The van der Waals surface area contributed by atoms with Crippen molar-refractivity contribution in [2.45, 2.75) is 26.8 Å². The first kappa shape index (κ1) is 14.7. The number of nitrogens with two attached hydrogens (primary N) is 1. The number of aryl methyl sites for hydroxylation is 2. The van der Waals surface area contributed by atoms with Crippen LogP contribution in [0.25, 0.3) is 0 Å². The fourth-order valence-electron chi connectivity index (χ4n) is 1.72.